The first-order valence-electron chi connectivity index (χ1n) is 5.24. The number of H-pyrrole nitrogens is 1. The number of nitro benzene ring substituents is 1. The lowest BCUT2D eigenvalue weighted by molar-refractivity contribution is -0.384. The lowest BCUT2D eigenvalue weighted by atomic mass is 10.3. The van der Waals surface area contributed by atoms with E-state index in [1.54, 1.807) is 12.3 Å². The van der Waals surface area contributed by atoms with Crippen LogP contribution in [0.2, 0.25) is 5.02 Å². The zero-order valence-electron chi connectivity index (χ0n) is 9.61. The van der Waals surface area contributed by atoms with Crippen LogP contribution in [0.3, 0.4) is 0 Å². The first kappa shape index (κ1) is 12.4. The highest BCUT2D eigenvalue weighted by molar-refractivity contribution is 6.33. The number of imidazole rings is 1. The molecule has 18 heavy (non-hydrogen) atoms. The molecule has 0 aliphatic heterocycles. The van der Waals surface area contributed by atoms with Crippen molar-refractivity contribution in [3.8, 4) is 0 Å². The van der Waals surface area contributed by atoms with Gasteiger partial charge in [0.2, 0.25) is 0 Å². The van der Waals surface area contributed by atoms with Crippen LogP contribution >= 0.6 is 11.6 Å². The third-order valence-electron chi connectivity index (χ3n) is 2.39. The normalized spacial score (nSPS) is 10.3. The number of nitro groups is 1. The molecule has 2 rings (SSSR count). The second-order valence-electron chi connectivity index (χ2n) is 3.77. The lowest BCUT2D eigenvalue weighted by Crippen LogP contribution is -2.00. The zero-order valence-corrected chi connectivity index (χ0v) is 10.4. The van der Waals surface area contributed by atoms with Crippen molar-refractivity contribution in [1.29, 1.82) is 0 Å². The molecule has 1 aromatic carbocycles. The summed E-state index contributed by atoms with van der Waals surface area (Å²) in [5.41, 5.74) is 1.54. The monoisotopic (exact) mass is 266 g/mol. The third-order valence-corrected chi connectivity index (χ3v) is 2.70. The fraction of sp³-hybridized carbons (Fsp3) is 0.182. The number of rotatable bonds is 4. The number of hydrogen-bond acceptors (Lipinski definition) is 4. The molecule has 1 heterocycles. The van der Waals surface area contributed by atoms with Crippen molar-refractivity contribution in [3.05, 3.63) is 51.1 Å². The van der Waals surface area contributed by atoms with Gasteiger partial charge in [-0.25, -0.2) is 4.98 Å². The summed E-state index contributed by atoms with van der Waals surface area (Å²) in [7, 11) is 0. The van der Waals surface area contributed by atoms with Crippen LogP contribution in [0.25, 0.3) is 0 Å². The number of nitrogens with one attached hydrogen (secondary N) is 2. The number of non-ortho nitro benzene ring substituents is 1. The Morgan fingerprint density at radius 1 is 1.56 bits per heavy atom. The smallest absolute Gasteiger partial charge is 0.271 e. The average molecular weight is 267 g/mol. The molecule has 0 saturated heterocycles. The van der Waals surface area contributed by atoms with Gasteiger partial charge in [-0.05, 0) is 13.0 Å². The van der Waals surface area contributed by atoms with Crippen LogP contribution < -0.4 is 5.32 Å². The van der Waals surface area contributed by atoms with Gasteiger partial charge in [0.1, 0.15) is 5.82 Å². The van der Waals surface area contributed by atoms with Crippen molar-refractivity contribution in [3.63, 3.8) is 0 Å². The summed E-state index contributed by atoms with van der Waals surface area (Å²) in [5.74, 6) is 0.835. The number of aromatic nitrogens is 2. The van der Waals surface area contributed by atoms with Gasteiger partial charge in [-0.3, -0.25) is 10.1 Å². The summed E-state index contributed by atoms with van der Waals surface area (Å²) < 4.78 is 0. The summed E-state index contributed by atoms with van der Waals surface area (Å²) in [5, 5.41) is 14.0. The van der Waals surface area contributed by atoms with Gasteiger partial charge in [0.05, 0.1) is 34.1 Å². The summed E-state index contributed by atoms with van der Waals surface area (Å²) in [6.45, 7) is 2.39. The van der Waals surface area contributed by atoms with E-state index in [1.807, 2.05) is 6.92 Å². The van der Waals surface area contributed by atoms with Gasteiger partial charge in [-0.1, -0.05) is 11.6 Å². The number of aryl methyl sites for hydroxylation is 1. The molecule has 94 valence electrons. The maximum Gasteiger partial charge on any atom is 0.271 e. The number of aromatic amines is 1. The van der Waals surface area contributed by atoms with Gasteiger partial charge in [0.15, 0.2) is 0 Å². The maximum absolute atomic E-state index is 10.6. The molecule has 0 amide bonds. The minimum atomic E-state index is -0.478. The SMILES string of the molecule is Cc1ncc(CNc2ccc([N+](=O)[O-])cc2Cl)[nH]1. The molecule has 0 aliphatic carbocycles. The Morgan fingerprint density at radius 2 is 2.33 bits per heavy atom. The first-order chi connectivity index (χ1) is 8.56. The van der Waals surface area contributed by atoms with E-state index in [1.165, 1.54) is 12.1 Å². The van der Waals surface area contributed by atoms with E-state index >= 15 is 0 Å². The van der Waals surface area contributed by atoms with Crippen LogP contribution in [0, 0.1) is 17.0 Å². The zero-order chi connectivity index (χ0) is 13.1. The van der Waals surface area contributed by atoms with Gasteiger partial charge in [-0.15, -0.1) is 0 Å². The van der Waals surface area contributed by atoms with E-state index in [0.29, 0.717) is 17.3 Å². The Bertz CT molecular complexity index is 582. The highest BCUT2D eigenvalue weighted by Gasteiger charge is 2.09. The minimum Gasteiger partial charge on any atom is -0.378 e. The average Bonchev–Trinajstić information content (AvgIpc) is 2.73. The van der Waals surface area contributed by atoms with Gasteiger partial charge in [0, 0.05) is 12.1 Å². The van der Waals surface area contributed by atoms with Gasteiger partial charge in [-0.2, -0.15) is 0 Å². The van der Waals surface area contributed by atoms with Crippen LogP contribution in [0.1, 0.15) is 11.5 Å². The molecule has 0 aliphatic rings. The molecule has 7 heteroatoms. The number of benzene rings is 1. The van der Waals surface area contributed by atoms with E-state index in [4.69, 9.17) is 11.6 Å². The van der Waals surface area contributed by atoms with E-state index in [2.05, 4.69) is 15.3 Å². The van der Waals surface area contributed by atoms with E-state index in [-0.39, 0.29) is 5.69 Å². The van der Waals surface area contributed by atoms with Crippen molar-refractivity contribution in [2.45, 2.75) is 13.5 Å². The van der Waals surface area contributed by atoms with Crippen molar-refractivity contribution < 1.29 is 4.92 Å². The standard InChI is InChI=1S/C11H11ClN4O2/c1-7-13-5-8(15-7)6-14-11-3-2-9(16(17)18)4-10(11)12/h2-5,14H,6H2,1H3,(H,13,15). The summed E-state index contributed by atoms with van der Waals surface area (Å²) >= 11 is 5.95. The second-order valence-corrected chi connectivity index (χ2v) is 4.18. The van der Waals surface area contributed by atoms with Crippen LogP contribution in [0.4, 0.5) is 11.4 Å². The largest absolute Gasteiger partial charge is 0.378 e. The Hall–Kier alpha value is -2.08. The molecular formula is C11H11ClN4O2. The first-order valence-corrected chi connectivity index (χ1v) is 5.62. The second kappa shape index (κ2) is 5.05. The Morgan fingerprint density at radius 3 is 2.89 bits per heavy atom. The molecule has 2 aromatic rings. The Balaban J connectivity index is 2.08. The summed E-state index contributed by atoms with van der Waals surface area (Å²) in [6, 6.07) is 4.32. The highest BCUT2D eigenvalue weighted by Crippen LogP contribution is 2.26. The molecule has 0 saturated carbocycles. The van der Waals surface area contributed by atoms with E-state index in [9.17, 15) is 10.1 Å². The summed E-state index contributed by atoms with van der Waals surface area (Å²) in [6.07, 6.45) is 1.72. The molecule has 0 radical (unpaired) electrons. The fourth-order valence-corrected chi connectivity index (χ4v) is 1.75. The summed E-state index contributed by atoms with van der Waals surface area (Å²) in [4.78, 5) is 17.2. The van der Waals surface area contributed by atoms with Gasteiger partial charge in [0.25, 0.3) is 5.69 Å². The molecule has 2 N–H and O–H groups in total. The molecule has 6 nitrogen and oxygen atoms in total. The van der Waals surface area contributed by atoms with Gasteiger partial charge < -0.3 is 10.3 Å². The van der Waals surface area contributed by atoms with Crippen molar-refractivity contribution in [2.24, 2.45) is 0 Å². The van der Waals surface area contributed by atoms with E-state index < -0.39 is 4.92 Å². The minimum absolute atomic E-state index is 0.0251. The molecule has 0 unspecified atom stereocenters. The molecule has 0 bridgehead atoms. The van der Waals surface area contributed by atoms with Gasteiger partial charge >= 0.3 is 0 Å². The molecule has 0 atom stereocenters. The van der Waals surface area contributed by atoms with Crippen LogP contribution in [0.5, 0.6) is 0 Å². The molecule has 1 aromatic heterocycles. The van der Waals surface area contributed by atoms with Crippen molar-refractivity contribution >= 4 is 23.0 Å². The van der Waals surface area contributed by atoms with Crippen LogP contribution in [0.15, 0.2) is 24.4 Å². The number of hydrogen-bond donors (Lipinski definition) is 2. The molecule has 0 spiro atoms. The Kier molecular flexibility index (Phi) is 3.47. The Labute approximate surface area is 108 Å². The quantitative estimate of drug-likeness (QED) is 0.658. The predicted molar refractivity (Wildman–Crippen MR) is 68.8 cm³/mol. The van der Waals surface area contributed by atoms with E-state index in [0.717, 1.165) is 11.5 Å². The third kappa shape index (κ3) is 2.78. The number of anilines is 1. The predicted octanol–water partition coefficient (Wildman–Crippen LogP) is 2.89. The lowest BCUT2D eigenvalue weighted by Gasteiger charge is -2.06. The van der Waals surface area contributed by atoms with Crippen LogP contribution in [-0.4, -0.2) is 14.9 Å². The fourth-order valence-electron chi connectivity index (χ4n) is 1.51. The number of halogens is 1. The maximum atomic E-state index is 10.6. The molecular weight excluding hydrogens is 256 g/mol. The highest BCUT2D eigenvalue weighted by atomic mass is 35.5. The van der Waals surface area contributed by atoms with Crippen LogP contribution in [-0.2, 0) is 6.54 Å². The van der Waals surface area contributed by atoms with Crippen molar-refractivity contribution in [2.75, 3.05) is 5.32 Å². The topological polar surface area (TPSA) is 83.8 Å². The molecule has 0 fully saturated rings. The van der Waals surface area contributed by atoms with Crippen molar-refractivity contribution in [1.82, 2.24) is 9.97 Å². The number of nitrogens with zero attached hydrogens (tertiary/aromatic N) is 2.